The standard InChI is InChI=1S/C15H15FN4/c1-10(2)14(12-3-5-13(16)6-4-12)20-15-18-8-11(7-17)9-19-15/h3-6,8-10,14H,1-2H3,(H,18,19,20). The Morgan fingerprint density at radius 3 is 2.25 bits per heavy atom. The molecule has 0 radical (unpaired) electrons. The number of aromatic nitrogens is 2. The van der Waals surface area contributed by atoms with Gasteiger partial charge >= 0.3 is 0 Å². The quantitative estimate of drug-likeness (QED) is 0.926. The minimum atomic E-state index is -0.258. The molecule has 0 aliphatic carbocycles. The summed E-state index contributed by atoms with van der Waals surface area (Å²) in [4.78, 5) is 8.19. The lowest BCUT2D eigenvalue weighted by Gasteiger charge is -2.22. The van der Waals surface area contributed by atoms with Gasteiger partial charge in [0, 0.05) is 0 Å². The monoisotopic (exact) mass is 270 g/mol. The molecule has 1 aromatic carbocycles. The zero-order chi connectivity index (χ0) is 14.5. The van der Waals surface area contributed by atoms with E-state index in [1.807, 2.05) is 6.07 Å². The van der Waals surface area contributed by atoms with Crippen LogP contribution in [0.15, 0.2) is 36.7 Å². The zero-order valence-electron chi connectivity index (χ0n) is 11.3. The van der Waals surface area contributed by atoms with Crippen LogP contribution in [0.1, 0.15) is 31.0 Å². The highest BCUT2D eigenvalue weighted by Crippen LogP contribution is 2.25. The molecule has 0 saturated carbocycles. The van der Waals surface area contributed by atoms with E-state index in [9.17, 15) is 4.39 Å². The van der Waals surface area contributed by atoms with Crippen molar-refractivity contribution >= 4 is 5.95 Å². The normalized spacial score (nSPS) is 11.9. The third-order valence-electron chi connectivity index (χ3n) is 2.96. The van der Waals surface area contributed by atoms with E-state index in [0.717, 1.165) is 5.56 Å². The summed E-state index contributed by atoms with van der Waals surface area (Å²) >= 11 is 0. The van der Waals surface area contributed by atoms with Crippen molar-refractivity contribution in [2.45, 2.75) is 19.9 Å². The smallest absolute Gasteiger partial charge is 0.223 e. The molecule has 1 aromatic heterocycles. The molecule has 0 aliphatic rings. The third-order valence-corrected chi connectivity index (χ3v) is 2.96. The van der Waals surface area contributed by atoms with E-state index in [4.69, 9.17) is 5.26 Å². The van der Waals surface area contributed by atoms with Crippen LogP contribution < -0.4 is 5.32 Å². The average molecular weight is 270 g/mol. The van der Waals surface area contributed by atoms with Crippen LogP contribution in [0.2, 0.25) is 0 Å². The summed E-state index contributed by atoms with van der Waals surface area (Å²) in [7, 11) is 0. The van der Waals surface area contributed by atoms with Gasteiger partial charge in [0.1, 0.15) is 11.9 Å². The maximum atomic E-state index is 13.0. The van der Waals surface area contributed by atoms with Crippen molar-refractivity contribution in [3.05, 3.63) is 53.6 Å². The molecule has 0 amide bonds. The van der Waals surface area contributed by atoms with E-state index < -0.39 is 0 Å². The lowest BCUT2D eigenvalue weighted by Crippen LogP contribution is -2.18. The van der Waals surface area contributed by atoms with Gasteiger partial charge in [-0.05, 0) is 23.6 Å². The Balaban J connectivity index is 2.21. The Labute approximate surface area is 117 Å². The summed E-state index contributed by atoms with van der Waals surface area (Å²) < 4.78 is 13.0. The molecular weight excluding hydrogens is 255 g/mol. The van der Waals surface area contributed by atoms with E-state index >= 15 is 0 Å². The number of hydrogen-bond donors (Lipinski definition) is 1. The number of benzene rings is 1. The maximum absolute atomic E-state index is 13.0. The molecular formula is C15H15FN4. The number of nitrogens with zero attached hydrogens (tertiary/aromatic N) is 3. The van der Waals surface area contributed by atoms with Gasteiger partial charge in [-0.2, -0.15) is 5.26 Å². The summed E-state index contributed by atoms with van der Waals surface area (Å²) in [5, 5.41) is 11.9. The van der Waals surface area contributed by atoms with E-state index in [0.29, 0.717) is 11.5 Å². The summed E-state index contributed by atoms with van der Waals surface area (Å²) in [5.74, 6) is 0.470. The van der Waals surface area contributed by atoms with Gasteiger partial charge in [-0.25, -0.2) is 14.4 Å². The second kappa shape index (κ2) is 6.11. The molecule has 2 rings (SSSR count). The Bertz CT molecular complexity index is 599. The number of anilines is 1. The van der Waals surface area contributed by atoms with Gasteiger partial charge < -0.3 is 5.32 Å². The molecule has 1 unspecified atom stereocenters. The maximum Gasteiger partial charge on any atom is 0.223 e. The average Bonchev–Trinajstić information content (AvgIpc) is 2.46. The highest BCUT2D eigenvalue weighted by molar-refractivity contribution is 5.34. The molecule has 4 nitrogen and oxygen atoms in total. The second-order valence-corrected chi connectivity index (χ2v) is 4.82. The second-order valence-electron chi connectivity index (χ2n) is 4.82. The molecule has 0 saturated heterocycles. The largest absolute Gasteiger partial charge is 0.347 e. The van der Waals surface area contributed by atoms with Crippen molar-refractivity contribution < 1.29 is 4.39 Å². The summed E-state index contributed by atoms with van der Waals surface area (Å²) in [5.41, 5.74) is 1.38. The SMILES string of the molecule is CC(C)C(Nc1ncc(C#N)cn1)c1ccc(F)cc1. The van der Waals surface area contributed by atoms with E-state index in [1.165, 1.54) is 24.5 Å². The van der Waals surface area contributed by atoms with Gasteiger partial charge in [-0.15, -0.1) is 0 Å². The number of nitriles is 1. The van der Waals surface area contributed by atoms with E-state index in [-0.39, 0.29) is 17.8 Å². The fourth-order valence-electron chi connectivity index (χ4n) is 1.90. The van der Waals surface area contributed by atoms with Gasteiger partial charge in [0.05, 0.1) is 24.0 Å². The summed E-state index contributed by atoms with van der Waals surface area (Å²) in [6, 6.07) is 8.32. The molecule has 102 valence electrons. The van der Waals surface area contributed by atoms with Crippen molar-refractivity contribution in [2.24, 2.45) is 5.92 Å². The Kier molecular flexibility index (Phi) is 4.26. The molecule has 1 N–H and O–H groups in total. The van der Waals surface area contributed by atoms with Crippen molar-refractivity contribution in [2.75, 3.05) is 5.32 Å². The molecule has 1 heterocycles. The van der Waals surface area contributed by atoms with Crippen LogP contribution in [0.4, 0.5) is 10.3 Å². The number of rotatable bonds is 4. The predicted octanol–water partition coefficient (Wildman–Crippen LogP) is 3.30. The molecule has 0 aliphatic heterocycles. The minimum absolute atomic E-state index is 0.0245. The first-order valence-electron chi connectivity index (χ1n) is 6.34. The van der Waals surface area contributed by atoms with Crippen LogP contribution in [0, 0.1) is 23.1 Å². The van der Waals surface area contributed by atoms with Crippen LogP contribution >= 0.6 is 0 Å². The van der Waals surface area contributed by atoms with Crippen LogP contribution in [0.5, 0.6) is 0 Å². The van der Waals surface area contributed by atoms with Crippen LogP contribution in [0.3, 0.4) is 0 Å². The fraction of sp³-hybridized carbons (Fsp3) is 0.267. The first-order valence-corrected chi connectivity index (χ1v) is 6.34. The highest BCUT2D eigenvalue weighted by Gasteiger charge is 2.16. The zero-order valence-corrected chi connectivity index (χ0v) is 11.3. The number of hydrogen-bond acceptors (Lipinski definition) is 4. The van der Waals surface area contributed by atoms with Gasteiger partial charge in [0.25, 0.3) is 0 Å². The molecule has 2 aromatic rings. The Morgan fingerprint density at radius 2 is 1.75 bits per heavy atom. The van der Waals surface area contributed by atoms with Crippen molar-refractivity contribution in [3.63, 3.8) is 0 Å². The van der Waals surface area contributed by atoms with Crippen LogP contribution in [-0.4, -0.2) is 9.97 Å². The van der Waals surface area contributed by atoms with Gasteiger partial charge in [0.15, 0.2) is 0 Å². The van der Waals surface area contributed by atoms with E-state index in [1.54, 1.807) is 12.1 Å². The Morgan fingerprint density at radius 1 is 1.15 bits per heavy atom. The molecule has 0 spiro atoms. The number of halogens is 1. The number of nitrogens with one attached hydrogen (secondary N) is 1. The fourth-order valence-corrected chi connectivity index (χ4v) is 1.90. The molecule has 0 fully saturated rings. The first kappa shape index (κ1) is 13.9. The predicted molar refractivity (Wildman–Crippen MR) is 74.3 cm³/mol. The lowest BCUT2D eigenvalue weighted by molar-refractivity contribution is 0.540. The Hall–Kier alpha value is -2.48. The first-order chi connectivity index (χ1) is 9.60. The van der Waals surface area contributed by atoms with Crippen LogP contribution in [0.25, 0.3) is 0 Å². The van der Waals surface area contributed by atoms with Gasteiger partial charge in [-0.1, -0.05) is 26.0 Å². The van der Waals surface area contributed by atoms with Crippen molar-refractivity contribution in [1.29, 1.82) is 5.26 Å². The van der Waals surface area contributed by atoms with Crippen molar-refractivity contribution in [1.82, 2.24) is 9.97 Å². The van der Waals surface area contributed by atoms with Crippen molar-refractivity contribution in [3.8, 4) is 6.07 Å². The third kappa shape index (κ3) is 3.29. The summed E-state index contributed by atoms with van der Waals surface area (Å²) in [6.07, 6.45) is 2.94. The molecule has 0 bridgehead atoms. The highest BCUT2D eigenvalue weighted by atomic mass is 19.1. The molecule has 20 heavy (non-hydrogen) atoms. The van der Waals surface area contributed by atoms with E-state index in [2.05, 4.69) is 29.1 Å². The topological polar surface area (TPSA) is 61.6 Å². The van der Waals surface area contributed by atoms with Crippen LogP contribution in [-0.2, 0) is 0 Å². The molecule has 5 heteroatoms. The van der Waals surface area contributed by atoms with Gasteiger partial charge in [0.2, 0.25) is 5.95 Å². The summed E-state index contributed by atoms with van der Waals surface area (Å²) in [6.45, 7) is 4.12. The minimum Gasteiger partial charge on any atom is -0.347 e. The molecule has 1 atom stereocenters. The van der Waals surface area contributed by atoms with Gasteiger partial charge in [-0.3, -0.25) is 0 Å². The lowest BCUT2D eigenvalue weighted by atomic mass is 9.96.